The molecule has 144 valence electrons. The molecule has 4 bridgehead atoms. The lowest BCUT2D eigenvalue weighted by atomic mass is 9.60. The summed E-state index contributed by atoms with van der Waals surface area (Å²) >= 11 is 0. The Bertz CT molecular complexity index is 854. The maximum atomic E-state index is 11.0. The van der Waals surface area contributed by atoms with Crippen LogP contribution in [-0.4, -0.2) is 21.3 Å². The number of non-ortho nitro benzene ring substituents is 2. The number of benzene rings is 2. The standard InChI is InChI=1S/C21H21N3O4/c25-23(26)18-5-1-14(2-6-18)20-16-9-13-10-17(11-16)21(22(20)12-13)15-3-7-19(8-4-15)24(27)28/h1-8,13,16-17,20-21H,9-12H2/t13?,16-,17+,20-,21-/m1/s1. The highest BCUT2D eigenvalue weighted by atomic mass is 16.6. The molecule has 6 atom stereocenters. The summed E-state index contributed by atoms with van der Waals surface area (Å²) in [4.78, 5) is 23.8. The molecule has 1 saturated carbocycles. The first kappa shape index (κ1) is 17.3. The van der Waals surface area contributed by atoms with Crippen LogP contribution in [0.5, 0.6) is 0 Å². The van der Waals surface area contributed by atoms with Gasteiger partial charge in [-0.1, -0.05) is 24.3 Å². The number of nitro groups is 2. The second-order valence-corrected chi connectivity index (χ2v) is 8.38. The highest BCUT2D eigenvalue weighted by molar-refractivity contribution is 5.38. The van der Waals surface area contributed by atoms with Gasteiger partial charge in [-0.3, -0.25) is 25.1 Å². The topological polar surface area (TPSA) is 89.5 Å². The van der Waals surface area contributed by atoms with Gasteiger partial charge in [0.25, 0.3) is 11.4 Å². The highest BCUT2D eigenvalue weighted by Crippen LogP contribution is 2.59. The Hall–Kier alpha value is -2.80. The number of nitro benzene ring substituents is 2. The van der Waals surface area contributed by atoms with Crippen LogP contribution in [0.4, 0.5) is 11.4 Å². The Morgan fingerprint density at radius 3 is 1.54 bits per heavy atom. The average molecular weight is 379 g/mol. The van der Waals surface area contributed by atoms with E-state index in [4.69, 9.17) is 0 Å². The van der Waals surface area contributed by atoms with Crippen molar-refractivity contribution in [3.63, 3.8) is 0 Å². The van der Waals surface area contributed by atoms with Crippen molar-refractivity contribution >= 4 is 11.4 Å². The summed E-state index contributed by atoms with van der Waals surface area (Å²) in [6.45, 7) is 1.02. The quantitative estimate of drug-likeness (QED) is 0.570. The van der Waals surface area contributed by atoms with Gasteiger partial charge in [-0.15, -0.1) is 0 Å². The van der Waals surface area contributed by atoms with Crippen LogP contribution in [0.2, 0.25) is 0 Å². The van der Waals surface area contributed by atoms with Crippen LogP contribution in [0.25, 0.3) is 0 Å². The second kappa shape index (κ2) is 6.38. The van der Waals surface area contributed by atoms with Gasteiger partial charge in [-0.05, 0) is 48.1 Å². The van der Waals surface area contributed by atoms with E-state index in [1.807, 2.05) is 24.3 Å². The van der Waals surface area contributed by atoms with Crippen LogP contribution in [-0.2, 0) is 0 Å². The first-order valence-electron chi connectivity index (χ1n) is 9.75. The molecule has 4 fully saturated rings. The number of rotatable bonds is 4. The third-order valence-corrected chi connectivity index (χ3v) is 6.85. The Balaban J connectivity index is 1.49. The Morgan fingerprint density at radius 2 is 1.14 bits per heavy atom. The van der Waals surface area contributed by atoms with Crippen LogP contribution in [0.1, 0.15) is 42.5 Å². The minimum Gasteiger partial charge on any atom is -0.289 e. The van der Waals surface area contributed by atoms with Crippen molar-refractivity contribution in [2.45, 2.75) is 31.3 Å². The molecular weight excluding hydrogens is 358 g/mol. The number of piperidine rings is 3. The van der Waals surface area contributed by atoms with E-state index in [-0.39, 0.29) is 33.3 Å². The van der Waals surface area contributed by atoms with E-state index in [9.17, 15) is 20.2 Å². The lowest BCUT2D eigenvalue weighted by Crippen LogP contribution is -2.56. The summed E-state index contributed by atoms with van der Waals surface area (Å²) in [7, 11) is 0. The van der Waals surface area contributed by atoms with E-state index in [1.165, 1.54) is 12.8 Å². The third-order valence-electron chi connectivity index (χ3n) is 6.85. The smallest absolute Gasteiger partial charge is 0.269 e. The molecule has 7 heteroatoms. The van der Waals surface area contributed by atoms with Crippen molar-refractivity contribution in [2.24, 2.45) is 17.8 Å². The van der Waals surface area contributed by atoms with E-state index >= 15 is 0 Å². The van der Waals surface area contributed by atoms with E-state index in [2.05, 4.69) is 4.90 Å². The largest absolute Gasteiger partial charge is 0.289 e. The van der Waals surface area contributed by atoms with E-state index in [0.29, 0.717) is 17.8 Å². The molecule has 0 radical (unpaired) electrons. The molecule has 3 heterocycles. The van der Waals surface area contributed by atoms with E-state index in [1.54, 1.807) is 24.3 Å². The van der Waals surface area contributed by atoms with Gasteiger partial charge in [0, 0.05) is 42.9 Å². The monoisotopic (exact) mass is 379 g/mol. The molecule has 2 aromatic carbocycles. The van der Waals surface area contributed by atoms with Crippen molar-refractivity contribution in [1.82, 2.24) is 4.90 Å². The molecule has 3 aliphatic heterocycles. The molecule has 2 aromatic rings. The molecule has 3 saturated heterocycles. The SMILES string of the molecule is O=[N+]([O-])c1ccc([C@@H]2[C@@H]3CC4C[C@@H](C3)[C@@H](c3ccc([N+](=O)[O-])cc3)N2C4)cc1. The fraction of sp³-hybridized carbons (Fsp3) is 0.429. The fourth-order valence-electron chi connectivity index (χ4n) is 5.95. The number of hydrogen-bond donors (Lipinski definition) is 0. The highest BCUT2D eigenvalue weighted by Gasteiger charge is 2.52. The molecule has 0 aromatic heterocycles. The summed E-state index contributed by atoms with van der Waals surface area (Å²) in [5.74, 6) is 1.87. The fourth-order valence-corrected chi connectivity index (χ4v) is 5.95. The van der Waals surface area contributed by atoms with Crippen LogP contribution in [0.3, 0.4) is 0 Å². The zero-order valence-corrected chi connectivity index (χ0v) is 15.3. The summed E-state index contributed by atoms with van der Waals surface area (Å²) in [6.07, 6.45) is 3.60. The molecule has 1 aliphatic carbocycles. The van der Waals surface area contributed by atoms with Crippen LogP contribution < -0.4 is 0 Å². The minimum atomic E-state index is -0.360. The van der Waals surface area contributed by atoms with Crippen LogP contribution >= 0.6 is 0 Å². The lowest BCUT2D eigenvalue weighted by Gasteiger charge is -2.61. The normalized spacial score (nSPS) is 33.0. The molecule has 4 aliphatic rings. The molecule has 0 N–H and O–H groups in total. The van der Waals surface area contributed by atoms with Gasteiger partial charge in [-0.25, -0.2) is 0 Å². The van der Waals surface area contributed by atoms with Gasteiger partial charge in [0.05, 0.1) is 9.85 Å². The molecule has 7 nitrogen and oxygen atoms in total. The van der Waals surface area contributed by atoms with Crippen molar-refractivity contribution in [2.75, 3.05) is 6.54 Å². The van der Waals surface area contributed by atoms with E-state index in [0.717, 1.165) is 24.1 Å². The van der Waals surface area contributed by atoms with Crippen molar-refractivity contribution in [3.05, 3.63) is 79.9 Å². The maximum Gasteiger partial charge on any atom is 0.269 e. The zero-order valence-electron chi connectivity index (χ0n) is 15.3. The average Bonchev–Trinajstić information content (AvgIpc) is 2.68. The molecule has 28 heavy (non-hydrogen) atoms. The number of hydrogen-bond acceptors (Lipinski definition) is 5. The first-order valence-corrected chi connectivity index (χ1v) is 9.75. The molecule has 2 unspecified atom stereocenters. The second-order valence-electron chi connectivity index (χ2n) is 8.38. The van der Waals surface area contributed by atoms with E-state index < -0.39 is 0 Å². The Kier molecular flexibility index (Phi) is 3.94. The van der Waals surface area contributed by atoms with Gasteiger partial charge in [0.1, 0.15) is 0 Å². The van der Waals surface area contributed by atoms with Crippen LogP contribution in [0.15, 0.2) is 48.5 Å². The van der Waals surface area contributed by atoms with Gasteiger partial charge in [-0.2, -0.15) is 0 Å². The molecule has 6 rings (SSSR count). The summed E-state index contributed by atoms with van der Waals surface area (Å²) in [5.41, 5.74) is 2.52. The van der Waals surface area contributed by atoms with Gasteiger partial charge in [0.2, 0.25) is 0 Å². The summed E-state index contributed by atoms with van der Waals surface area (Å²) in [5, 5.41) is 22.0. The minimum absolute atomic E-state index is 0.120. The van der Waals surface area contributed by atoms with Gasteiger partial charge in [0.15, 0.2) is 0 Å². The lowest BCUT2D eigenvalue weighted by molar-refractivity contribution is -0.385. The molecular formula is C21H21N3O4. The third kappa shape index (κ3) is 2.69. The van der Waals surface area contributed by atoms with Crippen molar-refractivity contribution in [1.29, 1.82) is 0 Å². The summed E-state index contributed by atoms with van der Waals surface area (Å²) < 4.78 is 0. The zero-order chi connectivity index (χ0) is 19.4. The van der Waals surface area contributed by atoms with Gasteiger partial charge < -0.3 is 0 Å². The van der Waals surface area contributed by atoms with Crippen LogP contribution in [0, 0.1) is 38.0 Å². The van der Waals surface area contributed by atoms with Crippen molar-refractivity contribution < 1.29 is 9.85 Å². The molecule has 0 spiro atoms. The number of nitrogens with zero attached hydrogens (tertiary/aromatic N) is 3. The maximum absolute atomic E-state index is 11.0. The predicted octanol–water partition coefficient (Wildman–Crippen LogP) is 4.65. The van der Waals surface area contributed by atoms with Crippen molar-refractivity contribution in [3.8, 4) is 0 Å². The van der Waals surface area contributed by atoms with Gasteiger partial charge >= 0.3 is 0 Å². The summed E-state index contributed by atoms with van der Waals surface area (Å²) in [6, 6.07) is 14.5. The Morgan fingerprint density at radius 1 is 0.714 bits per heavy atom. The molecule has 0 amide bonds. The first-order chi connectivity index (χ1) is 13.5. The Labute approximate surface area is 162 Å². The predicted molar refractivity (Wildman–Crippen MR) is 103 cm³/mol.